The van der Waals surface area contributed by atoms with Gasteiger partial charge in [0.25, 0.3) is 0 Å². The van der Waals surface area contributed by atoms with Crippen molar-refractivity contribution in [2.45, 2.75) is 25.8 Å². The van der Waals surface area contributed by atoms with Crippen LogP contribution >= 0.6 is 0 Å². The summed E-state index contributed by atoms with van der Waals surface area (Å²) in [5.74, 6) is 2.44. The summed E-state index contributed by atoms with van der Waals surface area (Å²) in [7, 11) is 5.16. The third-order valence-electron chi connectivity index (χ3n) is 5.13. The topological polar surface area (TPSA) is 71.0 Å². The van der Waals surface area contributed by atoms with Crippen molar-refractivity contribution >= 4 is 11.6 Å². The van der Waals surface area contributed by atoms with Crippen molar-refractivity contribution in [3.63, 3.8) is 0 Å². The fourth-order valence-corrected chi connectivity index (χ4v) is 3.45. The van der Waals surface area contributed by atoms with Gasteiger partial charge in [0.2, 0.25) is 0 Å². The van der Waals surface area contributed by atoms with Crippen molar-refractivity contribution in [2.24, 2.45) is 4.99 Å². The molecule has 1 fully saturated rings. The van der Waals surface area contributed by atoms with E-state index in [2.05, 4.69) is 31.6 Å². The second kappa shape index (κ2) is 10.0. The molecule has 156 valence electrons. The zero-order chi connectivity index (χ0) is 20.6. The Morgan fingerprint density at radius 1 is 1.21 bits per heavy atom. The Morgan fingerprint density at radius 2 is 1.97 bits per heavy atom. The van der Waals surface area contributed by atoms with Crippen molar-refractivity contribution in [3.05, 3.63) is 47.8 Å². The molecule has 1 unspecified atom stereocenters. The molecule has 2 aromatic rings. The van der Waals surface area contributed by atoms with E-state index in [4.69, 9.17) is 9.47 Å². The molecule has 1 atom stereocenters. The molecule has 1 aliphatic rings. The molecule has 3 rings (SSSR count). The van der Waals surface area contributed by atoms with Gasteiger partial charge in [0.1, 0.15) is 11.5 Å². The van der Waals surface area contributed by atoms with Gasteiger partial charge in [-0.2, -0.15) is 0 Å². The van der Waals surface area contributed by atoms with E-state index in [-0.39, 0.29) is 0 Å². The first kappa shape index (κ1) is 20.8. The van der Waals surface area contributed by atoms with E-state index in [9.17, 15) is 0 Å². The highest BCUT2D eigenvalue weighted by atomic mass is 16.5. The van der Waals surface area contributed by atoms with Crippen LogP contribution in [0.4, 0.5) is 5.69 Å². The maximum Gasteiger partial charge on any atom is 0.191 e. The van der Waals surface area contributed by atoms with Gasteiger partial charge in [-0.15, -0.1) is 0 Å². The third-order valence-corrected chi connectivity index (χ3v) is 5.13. The maximum atomic E-state index is 5.40. The van der Waals surface area contributed by atoms with Gasteiger partial charge in [0.05, 0.1) is 14.2 Å². The first-order valence-corrected chi connectivity index (χ1v) is 9.98. The smallest absolute Gasteiger partial charge is 0.191 e. The molecule has 1 aliphatic heterocycles. The Morgan fingerprint density at radius 3 is 2.59 bits per heavy atom. The van der Waals surface area contributed by atoms with Crippen molar-refractivity contribution in [1.82, 2.24) is 15.6 Å². The lowest BCUT2D eigenvalue weighted by atomic mass is 10.2. The van der Waals surface area contributed by atoms with Crippen LogP contribution in [0.25, 0.3) is 0 Å². The Bertz CT molecular complexity index is 800. The van der Waals surface area contributed by atoms with Gasteiger partial charge in [-0.25, -0.2) is 0 Å². The summed E-state index contributed by atoms with van der Waals surface area (Å²) in [4.78, 5) is 11.1. The number of pyridine rings is 1. The number of anilines is 1. The average Bonchev–Trinajstić information content (AvgIpc) is 3.22. The summed E-state index contributed by atoms with van der Waals surface area (Å²) >= 11 is 0. The fraction of sp³-hybridized carbons (Fsp3) is 0.455. The predicted molar refractivity (Wildman–Crippen MR) is 117 cm³/mol. The standard InChI is InChI=1S/C22H31N5O2/c1-16-5-6-17(14-25-16)7-9-24-22(23-2)26-18-8-10-27(15-18)19-11-20(28-3)13-21(12-19)29-4/h5-6,11-14,18H,7-10,15H2,1-4H3,(H2,23,24,26). The minimum Gasteiger partial charge on any atom is -0.497 e. The molecule has 2 heterocycles. The van der Waals surface area contributed by atoms with E-state index in [1.54, 1.807) is 14.2 Å². The molecule has 29 heavy (non-hydrogen) atoms. The number of benzene rings is 1. The van der Waals surface area contributed by atoms with E-state index in [0.29, 0.717) is 6.04 Å². The zero-order valence-electron chi connectivity index (χ0n) is 17.7. The van der Waals surface area contributed by atoms with Crippen LogP contribution in [0.15, 0.2) is 41.5 Å². The summed E-state index contributed by atoms with van der Waals surface area (Å²) in [5, 5.41) is 6.94. The first-order valence-electron chi connectivity index (χ1n) is 9.98. The number of nitrogens with zero attached hydrogens (tertiary/aromatic N) is 3. The number of rotatable bonds is 7. The molecule has 0 radical (unpaired) electrons. The van der Waals surface area contributed by atoms with E-state index in [1.165, 1.54) is 5.56 Å². The molecule has 1 aromatic heterocycles. The zero-order valence-corrected chi connectivity index (χ0v) is 17.7. The minimum atomic E-state index is 0.333. The molecule has 0 spiro atoms. The summed E-state index contributed by atoms with van der Waals surface area (Å²) in [6.07, 6.45) is 3.89. The second-order valence-electron chi connectivity index (χ2n) is 7.20. The maximum absolute atomic E-state index is 5.40. The van der Waals surface area contributed by atoms with Crippen LogP contribution in [0.1, 0.15) is 17.7 Å². The molecule has 0 saturated carbocycles. The number of guanidine groups is 1. The van der Waals surface area contributed by atoms with E-state index in [0.717, 1.165) is 61.3 Å². The monoisotopic (exact) mass is 397 g/mol. The molecule has 7 heteroatoms. The highest BCUT2D eigenvalue weighted by Gasteiger charge is 2.24. The van der Waals surface area contributed by atoms with Crippen molar-refractivity contribution in [1.29, 1.82) is 0 Å². The van der Waals surface area contributed by atoms with Crippen LogP contribution in [0, 0.1) is 6.92 Å². The number of hydrogen-bond donors (Lipinski definition) is 2. The largest absolute Gasteiger partial charge is 0.497 e. The molecule has 0 aliphatic carbocycles. The van der Waals surface area contributed by atoms with Crippen LogP contribution in [0.5, 0.6) is 11.5 Å². The fourth-order valence-electron chi connectivity index (χ4n) is 3.45. The van der Waals surface area contributed by atoms with Crippen LogP contribution < -0.4 is 25.0 Å². The van der Waals surface area contributed by atoms with Gasteiger partial charge in [-0.3, -0.25) is 9.98 Å². The van der Waals surface area contributed by atoms with Crippen LogP contribution in [-0.4, -0.2) is 57.9 Å². The lowest BCUT2D eigenvalue weighted by molar-refractivity contribution is 0.394. The molecule has 7 nitrogen and oxygen atoms in total. The lowest BCUT2D eigenvalue weighted by Crippen LogP contribution is -2.45. The third kappa shape index (κ3) is 5.76. The summed E-state index contributed by atoms with van der Waals surface area (Å²) in [5.41, 5.74) is 3.37. The molecule has 2 N–H and O–H groups in total. The minimum absolute atomic E-state index is 0.333. The number of aromatic nitrogens is 1. The molecular formula is C22H31N5O2. The lowest BCUT2D eigenvalue weighted by Gasteiger charge is -2.21. The Labute approximate surface area is 173 Å². The van der Waals surface area contributed by atoms with Crippen LogP contribution in [0.3, 0.4) is 0 Å². The van der Waals surface area contributed by atoms with E-state index >= 15 is 0 Å². The van der Waals surface area contributed by atoms with Crippen molar-refractivity contribution in [3.8, 4) is 11.5 Å². The number of aryl methyl sites for hydroxylation is 1. The Balaban J connectivity index is 1.51. The predicted octanol–water partition coefficient (Wildman–Crippen LogP) is 2.39. The Hall–Kier alpha value is -2.96. The number of nitrogens with one attached hydrogen (secondary N) is 2. The molecule has 0 amide bonds. The van der Waals surface area contributed by atoms with Gasteiger partial charge in [0.15, 0.2) is 5.96 Å². The first-order chi connectivity index (χ1) is 14.1. The summed E-state index contributed by atoms with van der Waals surface area (Å²) in [6.45, 7) is 4.69. The van der Waals surface area contributed by atoms with Crippen molar-refractivity contribution < 1.29 is 9.47 Å². The molecular weight excluding hydrogens is 366 g/mol. The number of methoxy groups -OCH3 is 2. The van der Waals surface area contributed by atoms with E-state index < -0.39 is 0 Å². The summed E-state index contributed by atoms with van der Waals surface area (Å²) in [6, 6.07) is 10.5. The van der Waals surface area contributed by atoms with Gasteiger partial charge in [-0.05, 0) is 31.4 Å². The van der Waals surface area contributed by atoms with E-state index in [1.807, 2.05) is 44.4 Å². The Kier molecular flexibility index (Phi) is 7.16. The SMILES string of the molecule is CN=C(NCCc1ccc(C)nc1)NC1CCN(c2cc(OC)cc(OC)c2)C1. The van der Waals surface area contributed by atoms with Crippen LogP contribution in [-0.2, 0) is 6.42 Å². The molecule has 0 bridgehead atoms. The molecule has 1 saturated heterocycles. The normalized spacial score (nSPS) is 16.6. The van der Waals surface area contributed by atoms with Crippen LogP contribution in [0.2, 0.25) is 0 Å². The highest BCUT2D eigenvalue weighted by molar-refractivity contribution is 5.80. The average molecular weight is 398 g/mol. The molecule has 1 aromatic carbocycles. The number of hydrogen-bond acceptors (Lipinski definition) is 5. The quantitative estimate of drug-likeness (QED) is 0.552. The van der Waals surface area contributed by atoms with Gasteiger partial charge in [0, 0.05) is 68.5 Å². The van der Waals surface area contributed by atoms with Crippen molar-refractivity contribution in [2.75, 3.05) is 45.8 Å². The van der Waals surface area contributed by atoms with Gasteiger partial charge < -0.3 is 25.0 Å². The van der Waals surface area contributed by atoms with Gasteiger partial charge in [-0.1, -0.05) is 6.07 Å². The number of ether oxygens (including phenoxy) is 2. The highest BCUT2D eigenvalue weighted by Crippen LogP contribution is 2.30. The van der Waals surface area contributed by atoms with Gasteiger partial charge >= 0.3 is 0 Å². The number of aliphatic imine (C=N–C) groups is 1. The summed E-state index contributed by atoms with van der Waals surface area (Å²) < 4.78 is 10.8. The second-order valence-corrected chi connectivity index (χ2v) is 7.20.